The van der Waals surface area contributed by atoms with E-state index in [1.165, 1.54) is 64.2 Å². The van der Waals surface area contributed by atoms with E-state index in [9.17, 15) is 0 Å². The molecule has 0 heterocycles. The molecule has 0 amide bonds. The van der Waals surface area contributed by atoms with Crippen LogP contribution in [0.3, 0.4) is 0 Å². The average molecular weight is 280 g/mol. The summed E-state index contributed by atoms with van der Waals surface area (Å²) in [7, 11) is 0. The molecule has 1 atom stereocenters. The molecular weight excluding hydrogens is 244 g/mol. The Morgan fingerprint density at radius 1 is 0.750 bits per heavy atom. The average Bonchev–Trinajstić information content (AvgIpc) is 2.41. The molecule has 2 rings (SSSR count). The fourth-order valence-corrected chi connectivity index (χ4v) is 4.21. The molecule has 2 heteroatoms. The second-order valence-electron chi connectivity index (χ2n) is 7.75. The van der Waals surface area contributed by atoms with Crippen molar-refractivity contribution in [3.8, 4) is 0 Å². The zero-order chi connectivity index (χ0) is 14.4. The summed E-state index contributed by atoms with van der Waals surface area (Å²) in [5.74, 6) is 0.807. The van der Waals surface area contributed by atoms with E-state index in [4.69, 9.17) is 0 Å². The van der Waals surface area contributed by atoms with Crippen LogP contribution in [-0.2, 0) is 0 Å². The van der Waals surface area contributed by atoms with Crippen molar-refractivity contribution >= 4 is 0 Å². The first-order valence-electron chi connectivity index (χ1n) is 9.15. The Morgan fingerprint density at radius 3 is 1.90 bits per heavy atom. The minimum absolute atomic E-state index is 0.683. The lowest BCUT2D eigenvalue weighted by Gasteiger charge is -2.35. The molecule has 2 fully saturated rings. The molecule has 0 bridgehead atoms. The highest BCUT2D eigenvalue weighted by Crippen LogP contribution is 2.23. The van der Waals surface area contributed by atoms with Crippen LogP contribution in [0, 0.1) is 5.92 Å². The quantitative estimate of drug-likeness (QED) is 0.760. The molecule has 2 aliphatic rings. The van der Waals surface area contributed by atoms with Crippen molar-refractivity contribution in [3.05, 3.63) is 0 Å². The first kappa shape index (κ1) is 16.3. The number of hydrogen-bond donors (Lipinski definition) is 2. The summed E-state index contributed by atoms with van der Waals surface area (Å²) < 4.78 is 0. The van der Waals surface area contributed by atoms with Crippen LogP contribution < -0.4 is 10.6 Å². The summed E-state index contributed by atoms with van der Waals surface area (Å²) in [6, 6.07) is 3.09. The largest absolute Gasteiger partial charge is 0.311 e. The van der Waals surface area contributed by atoms with Crippen LogP contribution in [0.2, 0.25) is 0 Å². The lowest BCUT2D eigenvalue weighted by Crippen LogP contribution is -2.46. The smallest absolute Gasteiger partial charge is 0.00708 e. The molecule has 0 radical (unpaired) electrons. The Morgan fingerprint density at radius 2 is 1.30 bits per heavy atom. The molecule has 2 saturated carbocycles. The van der Waals surface area contributed by atoms with Gasteiger partial charge in [0.2, 0.25) is 0 Å². The molecule has 20 heavy (non-hydrogen) atoms. The molecule has 118 valence electrons. The lowest BCUT2D eigenvalue weighted by atomic mass is 9.88. The second-order valence-corrected chi connectivity index (χ2v) is 7.75. The van der Waals surface area contributed by atoms with Gasteiger partial charge in [0.15, 0.2) is 0 Å². The molecule has 0 aliphatic heterocycles. The van der Waals surface area contributed by atoms with Crippen LogP contribution in [0.4, 0.5) is 0 Å². The van der Waals surface area contributed by atoms with Crippen LogP contribution in [0.5, 0.6) is 0 Å². The fourth-order valence-electron chi connectivity index (χ4n) is 4.21. The first-order chi connectivity index (χ1) is 9.63. The van der Waals surface area contributed by atoms with Crippen molar-refractivity contribution in [2.45, 2.75) is 109 Å². The van der Waals surface area contributed by atoms with Crippen molar-refractivity contribution < 1.29 is 0 Å². The van der Waals surface area contributed by atoms with Gasteiger partial charge in [0.1, 0.15) is 0 Å². The molecule has 0 saturated heterocycles. The minimum atomic E-state index is 0.683. The summed E-state index contributed by atoms with van der Waals surface area (Å²) in [6.07, 6.45) is 14.0. The number of hydrogen-bond acceptors (Lipinski definition) is 2. The highest BCUT2D eigenvalue weighted by Gasteiger charge is 2.24. The van der Waals surface area contributed by atoms with Gasteiger partial charge in [-0.3, -0.25) is 0 Å². The van der Waals surface area contributed by atoms with Crippen LogP contribution in [-0.4, -0.2) is 24.2 Å². The molecule has 2 nitrogen and oxygen atoms in total. The molecule has 0 spiro atoms. The van der Waals surface area contributed by atoms with Crippen LogP contribution in [0.15, 0.2) is 0 Å². The fraction of sp³-hybridized carbons (Fsp3) is 1.00. The van der Waals surface area contributed by atoms with Gasteiger partial charge < -0.3 is 10.6 Å². The van der Waals surface area contributed by atoms with Gasteiger partial charge in [-0.05, 0) is 57.8 Å². The molecule has 0 aromatic rings. The van der Waals surface area contributed by atoms with Crippen molar-refractivity contribution in [2.24, 2.45) is 5.92 Å². The lowest BCUT2D eigenvalue weighted by molar-refractivity contribution is 0.250. The number of nitrogens with one attached hydrogen (secondary N) is 2. The van der Waals surface area contributed by atoms with Gasteiger partial charge >= 0.3 is 0 Å². The summed E-state index contributed by atoms with van der Waals surface area (Å²) >= 11 is 0. The SMILES string of the molecule is CC(C)CC(C)NC1CCC(NC2CCCCC2)CC1. The molecule has 0 aromatic carbocycles. The van der Waals surface area contributed by atoms with E-state index < -0.39 is 0 Å². The Labute approximate surface area is 126 Å². The van der Waals surface area contributed by atoms with E-state index in [1.807, 2.05) is 0 Å². The van der Waals surface area contributed by atoms with Gasteiger partial charge in [-0.25, -0.2) is 0 Å². The Bertz CT molecular complexity index is 250. The Balaban J connectivity index is 1.62. The van der Waals surface area contributed by atoms with Gasteiger partial charge in [-0.2, -0.15) is 0 Å². The highest BCUT2D eigenvalue weighted by molar-refractivity contribution is 4.85. The van der Waals surface area contributed by atoms with Crippen molar-refractivity contribution in [1.29, 1.82) is 0 Å². The monoisotopic (exact) mass is 280 g/mol. The summed E-state index contributed by atoms with van der Waals surface area (Å²) in [4.78, 5) is 0. The van der Waals surface area contributed by atoms with Crippen molar-refractivity contribution in [2.75, 3.05) is 0 Å². The van der Waals surface area contributed by atoms with Gasteiger partial charge in [0, 0.05) is 24.2 Å². The third kappa shape index (κ3) is 5.73. The maximum Gasteiger partial charge on any atom is 0.00708 e. The second kappa shape index (κ2) is 8.38. The third-order valence-corrected chi connectivity index (χ3v) is 5.15. The Hall–Kier alpha value is -0.0800. The topological polar surface area (TPSA) is 24.1 Å². The number of rotatable bonds is 6. The first-order valence-corrected chi connectivity index (χ1v) is 9.15. The zero-order valence-electron chi connectivity index (χ0n) is 14.0. The van der Waals surface area contributed by atoms with E-state index in [2.05, 4.69) is 31.4 Å². The maximum atomic E-state index is 3.94. The molecule has 0 aromatic heterocycles. The van der Waals surface area contributed by atoms with Crippen LogP contribution in [0.25, 0.3) is 0 Å². The van der Waals surface area contributed by atoms with E-state index in [0.29, 0.717) is 6.04 Å². The zero-order valence-corrected chi connectivity index (χ0v) is 14.0. The van der Waals surface area contributed by atoms with Gasteiger partial charge in [0.25, 0.3) is 0 Å². The van der Waals surface area contributed by atoms with E-state index in [-0.39, 0.29) is 0 Å². The predicted molar refractivity (Wildman–Crippen MR) is 88.1 cm³/mol. The van der Waals surface area contributed by atoms with E-state index in [1.54, 1.807) is 0 Å². The van der Waals surface area contributed by atoms with Crippen LogP contribution in [0.1, 0.15) is 85.0 Å². The molecule has 1 unspecified atom stereocenters. The summed E-state index contributed by atoms with van der Waals surface area (Å²) in [5, 5.41) is 7.78. The third-order valence-electron chi connectivity index (χ3n) is 5.15. The predicted octanol–water partition coefficient (Wildman–Crippen LogP) is 4.24. The van der Waals surface area contributed by atoms with E-state index >= 15 is 0 Å². The van der Waals surface area contributed by atoms with Crippen LogP contribution >= 0.6 is 0 Å². The Kier molecular flexibility index (Phi) is 6.83. The highest BCUT2D eigenvalue weighted by atomic mass is 15.0. The summed E-state index contributed by atoms with van der Waals surface area (Å²) in [5.41, 5.74) is 0. The van der Waals surface area contributed by atoms with Gasteiger partial charge in [-0.1, -0.05) is 33.1 Å². The van der Waals surface area contributed by atoms with Crippen molar-refractivity contribution in [1.82, 2.24) is 10.6 Å². The van der Waals surface area contributed by atoms with E-state index in [0.717, 1.165) is 24.0 Å². The van der Waals surface area contributed by atoms with Gasteiger partial charge in [0.05, 0.1) is 0 Å². The standard InChI is InChI=1S/C18H36N2/c1-14(2)13-15(3)19-17-9-11-18(12-10-17)20-16-7-5-4-6-8-16/h14-20H,4-13H2,1-3H3. The maximum absolute atomic E-state index is 3.94. The minimum Gasteiger partial charge on any atom is -0.311 e. The summed E-state index contributed by atoms with van der Waals surface area (Å²) in [6.45, 7) is 7.00. The normalized spacial score (nSPS) is 30.6. The molecule has 2 N–H and O–H groups in total. The van der Waals surface area contributed by atoms with Crippen molar-refractivity contribution in [3.63, 3.8) is 0 Å². The van der Waals surface area contributed by atoms with Gasteiger partial charge in [-0.15, -0.1) is 0 Å². The molecular formula is C18H36N2. The molecule has 2 aliphatic carbocycles.